The van der Waals surface area contributed by atoms with Crippen molar-refractivity contribution in [3.63, 3.8) is 0 Å². The van der Waals surface area contributed by atoms with Crippen LogP contribution in [0.2, 0.25) is 0 Å². The molecule has 0 spiro atoms. The Kier molecular flexibility index (Phi) is 9.77. The molecule has 35 heavy (non-hydrogen) atoms. The highest BCUT2D eigenvalue weighted by Crippen LogP contribution is 2.35. The Hall–Kier alpha value is -1.92. The molecule has 0 unspecified atom stereocenters. The first-order chi connectivity index (χ1) is 16.6. The summed E-state index contributed by atoms with van der Waals surface area (Å²) in [7, 11) is 3.80. The van der Waals surface area contributed by atoms with Gasteiger partial charge in [0.1, 0.15) is 24.4 Å². The summed E-state index contributed by atoms with van der Waals surface area (Å²) >= 11 is 0. The molecule has 0 radical (unpaired) electrons. The standard InChI is InChI=1S/C17H23NO3.C11H19NO2/c1-5-12(2)17-16(19)15(18(4)21-17)13(3)20-11-14-9-7-6-8-10-14;1-7(2)9-11-10(14-12(9)4)8(3)5-6-13-11/h1,6-10,12-13,15-17,19H,11H2,2-4H3;5-11H,1-4H3/t12-,13-,15-,16-,17-;8-,9-,10-,11-/m11/s1. The first kappa shape index (κ1) is 27.7. The summed E-state index contributed by atoms with van der Waals surface area (Å²) in [5, 5.41) is 14.1. The molecule has 1 aromatic rings. The van der Waals surface area contributed by atoms with Gasteiger partial charge in [0, 0.05) is 25.9 Å². The summed E-state index contributed by atoms with van der Waals surface area (Å²) in [4.78, 5) is 11.5. The molecule has 0 aliphatic carbocycles. The second-order valence-electron chi connectivity index (χ2n) is 10.2. The van der Waals surface area contributed by atoms with Gasteiger partial charge in [-0.2, -0.15) is 10.1 Å². The monoisotopic (exact) mass is 486 g/mol. The van der Waals surface area contributed by atoms with Crippen molar-refractivity contribution in [1.82, 2.24) is 10.1 Å². The molecule has 3 aliphatic rings. The van der Waals surface area contributed by atoms with Gasteiger partial charge in [-0.1, -0.05) is 51.1 Å². The molecule has 4 rings (SSSR count). The van der Waals surface area contributed by atoms with Crippen LogP contribution in [-0.2, 0) is 25.8 Å². The second kappa shape index (κ2) is 12.4. The van der Waals surface area contributed by atoms with E-state index in [0.29, 0.717) is 24.5 Å². The molecular formula is C28H42N2O5. The number of aliphatic hydroxyl groups excluding tert-OH is 1. The van der Waals surface area contributed by atoms with E-state index in [1.165, 1.54) is 0 Å². The van der Waals surface area contributed by atoms with Crippen LogP contribution in [0.5, 0.6) is 0 Å². The molecule has 3 heterocycles. The molecule has 9 atom stereocenters. The molecular weight excluding hydrogens is 444 g/mol. The lowest BCUT2D eigenvalue weighted by Gasteiger charge is -2.29. The zero-order chi connectivity index (χ0) is 25.7. The van der Waals surface area contributed by atoms with E-state index in [1.807, 2.05) is 62.6 Å². The van der Waals surface area contributed by atoms with Crippen LogP contribution in [0, 0.1) is 30.1 Å². The van der Waals surface area contributed by atoms with Gasteiger partial charge in [-0.25, -0.2) is 0 Å². The maximum Gasteiger partial charge on any atom is 0.144 e. The third-order valence-electron chi connectivity index (χ3n) is 7.17. The number of likely N-dealkylation sites (N-methyl/N-ethyl adjacent to an activating group) is 2. The number of rotatable bonds is 6. The number of hydroxylamine groups is 4. The van der Waals surface area contributed by atoms with Crippen LogP contribution in [0.15, 0.2) is 42.7 Å². The first-order valence-corrected chi connectivity index (χ1v) is 12.6. The van der Waals surface area contributed by atoms with Crippen LogP contribution in [0.3, 0.4) is 0 Å². The van der Waals surface area contributed by atoms with Crippen molar-refractivity contribution in [1.29, 1.82) is 0 Å². The van der Waals surface area contributed by atoms with E-state index in [0.717, 1.165) is 5.56 Å². The van der Waals surface area contributed by atoms with Crippen molar-refractivity contribution in [2.24, 2.45) is 17.8 Å². The number of hydrogen-bond donors (Lipinski definition) is 1. The SMILES string of the molecule is C#C[C@@H](C)[C@H]1ON(C)[C@H]([C@@H](C)OCc2ccccc2)[C@H]1O.CC(C)[C@@H]1[C@H]2OC=C[C@@H](C)[C@H]2ON1C. The molecule has 1 aromatic carbocycles. The van der Waals surface area contributed by atoms with E-state index in [-0.39, 0.29) is 36.4 Å². The minimum atomic E-state index is -0.660. The molecule has 0 amide bonds. The minimum absolute atomic E-state index is 0.145. The van der Waals surface area contributed by atoms with E-state index in [1.54, 1.807) is 12.1 Å². The third-order valence-corrected chi connectivity index (χ3v) is 7.17. The fraction of sp³-hybridized carbons (Fsp3) is 0.643. The fourth-order valence-corrected chi connectivity index (χ4v) is 5.14. The van der Waals surface area contributed by atoms with Crippen LogP contribution >= 0.6 is 0 Å². The lowest BCUT2D eigenvalue weighted by atomic mass is 9.89. The zero-order valence-corrected chi connectivity index (χ0v) is 22.1. The van der Waals surface area contributed by atoms with Gasteiger partial charge >= 0.3 is 0 Å². The highest BCUT2D eigenvalue weighted by Gasteiger charge is 2.47. The number of ether oxygens (including phenoxy) is 2. The molecule has 3 aliphatic heterocycles. The van der Waals surface area contributed by atoms with Crippen molar-refractivity contribution in [2.75, 3.05) is 14.1 Å². The predicted octanol–water partition coefficient (Wildman–Crippen LogP) is 3.64. The van der Waals surface area contributed by atoms with E-state index in [4.69, 9.17) is 25.6 Å². The van der Waals surface area contributed by atoms with Gasteiger partial charge in [-0.15, -0.1) is 12.3 Å². The van der Waals surface area contributed by atoms with Gasteiger partial charge in [0.05, 0.1) is 31.1 Å². The Balaban J connectivity index is 0.000000211. The second-order valence-corrected chi connectivity index (χ2v) is 10.2. The highest BCUT2D eigenvalue weighted by molar-refractivity contribution is 5.13. The maximum absolute atomic E-state index is 10.4. The summed E-state index contributed by atoms with van der Waals surface area (Å²) in [6, 6.07) is 10.1. The van der Waals surface area contributed by atoms with Crippen molar-refractivity contribution in [3.05, 3.63) is 48.2 Å². The van der Waals surface area contributed by atoms with Gasteiger partial charge in [0.25, 0.3) is 0 Å². The molecule has 2 saturated heterocycles. The Morgan fingerprint density at radius 3 is 2.31 bits per heavy atom. The number of benzene rings is 1. The smallest absolute Gasteiger partial charge is 0.144 e. The molecule has 1 N–H and O–H groups in total. The lowest BCUT2D eigenvalue weighted by molar-refractivity contribution is -0.168. The summed E-state index contributed by atoms with van der Waals surface area (Å²) in [6.45, 7) is 10.9. The molecule has 7 nitrogen and oxygen atoms in total. The van der Waals surface area contributed by atoms with Crippen LogP contribution in [0.1, 0.15) is 40.2 Å². The van der Waals surface area contributed by atoms with Gasteiger partial charge in [-0.3, -0.25) is 9.68 Å². The Morgan fingerprint density at radius 2 is 1.69 bits per heavy atom. The van der Waals surface area contributed by atoms with Gasteiger partial charge in [0.2, 0.25) is 0 Å². The summed E-state index contributed by atoms with van der Waals surface area (Å²) in [5.41, 5.74) is 1.11. The summed E-state index contributed by atoms with van der Waals surface area (Å²) in [5.74, 6) is 3.47. The lowest BCUT2D eigenvalue weighted by Crippen LogP contribution is -2.44. The molecule has 0 bridgehead atoms. The van der Waals surface area contributed by atoms with Crippen LogP contribution in [0.4, 0.5) is 0 Å². The van der Waals surface area contributed by atoms with Gasteiger partial charge in [-0.05, 0) is 31.4 Å². The van der Waals surface area contributed by atoms with Crippen molar-refractivity contribution in [2.45, 2.75) is 83.8 Å². The van der Waals surface area contributed by atoms with E-state index >= 15 is 0 Å². The van der Waals surface area contributed by atoms with Crippen molar-refractivity contribution < 1.29 is 24.3 Å². The first-order valence-electron chi connectivity index (χ1n) is 12.6. The number of hydrogen-bond acceptors (Lipinski definition) is 7. The molecule has 194 valence electrons. The Bertz CT molecular complexity index is 857. The fourth-order valence-electron chi connectivity index (χ4n) is 5.14. The average molecular weight is 487 g/mol. The quantitative estimate of drug-likeness (QED) is 0.616. The highest BCUT2D eigenvalue weighted by atomic mass is 16.7. The van der Waals surface area contributed by atoms with E-state index in [9.17, 15) is 5.11 Å². The number of aliphatic hydroxyl groups is 1. The van der Waals surface area contributed by atoms with Crippen molar-refractivity contribution >= 4 is 0 Å². The van der Waals surface area contributed by atoms with Crippen LogP contribution in [-0.4, -0.2) is 71.9 Å². The number of fused-ring (bicyclic) bond motifs is 1. The van der Waals surface area contributed by atoms with Crippen molar-refractivity contribution in [3.8, 4) is 12.3 Å². The minimum Gasteiger partial charge on any atom is -0.494 e. The van der Waals surface area contributed by atoms with Gasteiger partial charge in [0.15, 0.2) is 0 Å². The van der Waals surface area contributed by atoms with Gasteiger partial charge < -0.3 is 14.6 Å². The predicted molar refractivity (Wildman–Crippen MR) is 136 cm³/mol. The number of nitrogens with zero attached hydrogens (tertiary/aromatic N) is 2. The van der Waals surface area contributed by atoms with Crippen LogP contribution < -0.4 is 0 Å². The van der Waals surface area contributed by atoms with Crippen LogP contribution in [0.25, 0.3) is 0 Å². The Morgan fingerprint density at radius 1 is 1.03 bits per heavy atom. The maximum atomic E-state index is 10.4. The zero-order valence-electron chi connectivity index (χ0n) is 22.1. The summed E-state index contributed by atoms with van der Waals surface area (Å²) in [6.07, 6.45) is 8.49. The third kappa shape index (κ3) is 6.45. The average Bonchev–Trinajstić information content (AvgIpc) is 3.34. The molecule has 0 aromatic heterocycles. The number of terminal acetylenes is 1. The van der Waals surface area contributed by atoms with E-state index in [2.05, 4.69) is 32.8 Å². The van der Waals surface area contributed by atoms with E-state index < -0.39 is 6.10 Å². The largest absolute Gasteiger partial charge is 0.494 e. The molecule has 0 saturated carbocycles. The molecule has 2 fully saturated rings. The molecule has 7 heteroatoms. The normalized spacial score (nSPS) is 34.5. The topological polar surface area (TPSA) is 63.6 Å². The summed E-state index contributed by atoms with van der Waals surface area (Å²) < 4.78 is 11.6. The Labute approximate surface area is 210 Å².